The van der Waals surface area contributed by atoms with Crippen LogP contribution >= 0.6 is 0 Å². The van der Waals surface area contributed by atoms with Crippen molar-refractivity contribution in [1.29, 1.82) is 0 Å². The molecule has 0 saturated heterocycles. The van der Waals surface area contributed by atoms with Crippen LogP contribution in [0.15, 0.2) is 43.5 Å². The predicted octanol–water partition coefficient (Wildman–Crippen LogP) is 4.00. The molecule has 0 bridgehead atoms. The van der Waals surface area contributed by atoms with Crippen LogP contribution in [0.2, 0.25) is 0 Å². The Kier molecular flexibility index (Phi) is 13.9. The third-order valence-corrected chi connectivity index (χ3v) is 2.67. The van der Waals surface area contributed by atoms with Crippen molar-refractivity contribution in [3.8, 4) is 0 Å². The fourth-order valence-electron chi connectivity index (χ4n) is 1.76. The lowest BCUT2D eigenvalue weighted by Crippen LogP contribution is -2.29. The number of carbonyl (C=O) groups excluding carboxylic acids is 1. The number of nitrogens with one attached hydrogen (secondary N) is 1. The van der Waals surface area contributed by atoms with E-state index in [1.807, 2.05) is 51.1 Å². The van der Waals surface area contributed by atoms with Gasteiger partial charge in [0.25, 0.3) is 0 Å². The maximum absolute atomic E-state index is 11.7. The number of nitro groups is 1. The number of nitrogens with zero attached hydrogens (tertiary/aromatic N) is 1. The first-order valence-corrected chi connectivity index (χ1v) is 7.45. The molecule has 0 aromatic heterocycles. The standard InChI is InChI=1S/C13H18N2O3.C2H6.C2H4/c1-10(9-15(17)18)8-13(16)14-11(2)12-6-4-3-5-7-12;2*1-2/h3-7,10-11H,8-9H2,1-2H3,(H,14,16);1-2H3;1-2H2/t10-,11-;;/m0../s1. The maximum atomic E-state index is 11.7. The Morgan fingerprint density at radius 3 is 2.18 bits per heavy atom. The van der Waals surface area contributed by atoms with Gasteiger partial charge in [0.1, 0.15) is 0 Å². The fourth-order valence-corrected chi connectivity index (χ4v) is 1.76. The quantitative estimate of drug-likeness (QED) is 0.490. The minimum Gasteiger partial charge on any atom is -0.350 e. The fraction of sp³-hybridized carbons (Fsp3) is 0.471. The van der Waals surface area contributed by atoms with E-state index in [2.05, 4.69) is 18.5 Å². The van der Waals surface area contributed by atoms with Crippen LogP contribution in [0, 0.1) is 16.0 Å². The molecule has 0 heterocycles. The average Bonchev–Trinajstić information content (AvgIpc) is 2.51. The number of benzene rings is 1. The molecule has 0 unspecified atom stereocenters. The van der Waals surface area contributed by atoms with E-state index < -0.39 is 4.92 Å². The van der Waals surface area contributed by atoms with Crippen LogP contribution in [0.3, 0.4) is 0 Å². The van der Waals surface area contributed by atoms with Crippen LogP contribution in [0.25, 0.3) is 0 Å². The zero-order valence-electron chi connectivity index (χ0n) is 14.0. The molecule has 1 rings (SSSR count). The molecule has 22 heavy (non-hydrogen) atoms. The Hall–Kier alpha value is -2.17. The van der Waals surface area contributed by atoms with Crippen LogP contribution < -0.4 is 5.32 Å². The van der Waals surface area contributed by atoms with Crippen molar-refractivity contribution in [1.82, 2.24) is 5.32 Å². The highest BCUT2D eigenvalue weighted by molar-refractivity contribution is 5.76. The minimum absolute atomic E-state index is 0.0819. The summed E-state index contributed by atoms with van der Waals surface area (Å²) in [5, 5.41) is 13.1. The second-order valence-electron chi connectivity index (χ2n) is 4.52. The number of carbonyl (C=O) groups is 1. The molecule has 0 aliphatic carbocycles. The second-order valence-corrected chi connectivity index (χ2v) is 4.52. The Labute approximate surface area is 133 Å². The summed E-state index contributed by atoms with van der Waals surface area (Å²) in [6, 6.07) is 9.52. The molecule has 0 aliphatic rings. The van der Waals surface area contributed by atoms with Gasteiger partial charge in [-0.3, -0.25) is 14.9 Å². The highest BCUT2D eigenvalue weighted by Crippen LogP contribution is 2.12. The van der Waals surface area contributed by atoms with Gasteiger partial charge in [0.2, 0.25) is 12.5 Å². The summed E-state index contributed by atoms with van der Waals surface area (Å²) in [6.45, 7) is 13.4. The summed E-state index contributed by atoms with van der Waals surface area (Å²) in [5.41, 5.74) is 1.02. The first-order chi connectivity index (χ1) is 10.5. The van der Waals surface area contributed by atoms with Crippen molar-refractivity contribution in [3.63, 3.8) is 0 Å². The van der Waals surface area contributed by atoms with E-state index in [4.69, 9.17) is 0 Å². The second kappa shape index (κ2) is 13.8. The molecule has 124 valence electrons. The van der Waals surface area contributed by atoms with Crippen LogP contribution in [0.4, 0.5) is 0 Å². The van der Waals surface area contributed by atoms with Gasteiger partial charge in [-0.15, -0.1) is 13.2 Å². The van der Waals surface area contributed by atoms with Crippen LogP contribution in [-0.4, -0.2) is 17.4 Å². The van der Waals surface area contributed by atoms with E-state index in [0.717, 1.165) is 5.56 Å². The van der Waals surface area contributed by atoms with E-state index in [-0.39, 0.29) is 30.8 Å². The molecule has 1 N–H and O–H groups in total. The topological polar surface area (TPSA) is 72.2 Å². The summed E-state index contributed by atoms with van der Waals surface area (Å²) < 4.78 is 0. The van der Waals surface area contributed by atoms with Crippen molar-refractivity contribution >= 4 is 5.91 Å². The van der Waals surface area contributed by atoms with Crippen molar-refractivity contribution < 1.29 is 9.72 Å². The molecule has 5 nitrogen and oxygen atoms in total. The molecule has 1 aromatic rings. The van der Waals surface area contributed by atoms with Gasteiger partial charge in [-0.25, -0.2) is 0 Å². The summed E-state index contributed by atoms with van der Waals surface area (Å²) in [6.07, 6.45) is 0.179. The van der Waals surface area contributed by atoms with Gasteiger partial charge in [-0.05, 0) is 12.5 Å². The van der Waals surface area contributed by atoms with Gasteiger partial charge in [-0.1, -0.05) is 51.1 Å². The molecular weight excluding hydrogens is 280 g/mol. The van der Waals surface area contributed by atoms with E-state index in [1.165, 1.54) is 0 Å². The first kappa shape index (κ1) is 22.1. The third kappa shape index (κ3) is 10.6. The van der Waals surface area contributed by atoms with E-state index in [9.17, 15) is 14.9 Å². The molecule has 2 atom stereocenters. The minimum atomic E-state index is -0.390. The monoisotopic (exact) mass is 308 g/mol. The number of hydrogen-bond donors (Lipinski definition) is 1. The lowest BCUT2D eigenvalue weighted by atomic mass is 10.1. The summed E-state index contributed by atoms with van der Waals surface area (Å²) in [5.74, 6) is -0.399. The van der Waals surface area contributed by atoms with Gasteiger partial charge in [0.05, 0.1) is 6.04 Å². The smallest absolute Gasteiger partial charge is 0.220 e. The molecule has 0 radical (unpaired) electrons. The Morgan fingerprint density at radius 2 is 1.73 bits per heavy atom. The molecule has 0 fully saturated rings. The Morgan fingerprint density at radius 1 is 1.23 bits per heavy atom. The average molecular weight is 308 g/mol. The normalized spacial score (nSPS) is 11.6. The van der Waals surface area contributed by atoms with E-state index >= 15 is 0 Å². The Balaban J connectivity index is 0. The van der Waals surface area contributed by atoms with Crippen LogP contribution in [0.5, 0.6) is 0 Å². The molecule has 1 aromatic carbocycles. The lowest BCUT2D eigenvalue weighted by Gasteiger charge is -2.15. The predicted molar refractivity (Wildman–Crippen MR) is 91.2 cm³/mol. The van der Waals surface area contributed by atoms with Crippen molar-refractivity contribution in [2.45, 2.75) is 40.2 Å². The maximum Gasteiger partial charge on any atom is 0.220 e. The zero-order valence-corrected chi connectivity index (χ0v) is 14.0. The molecule has 0 aliphatic heterocycles. The largest absolute Gasteiger partial charge is 0.350 e. The summed E-state index contributed by atoms with van der Waals surface area (Å²) in [4.78, 5) is 21.6. The zero-order chi connectivity index (χ0) is 17.5. The van der Waals surface area contributed by atoms with Crippen molar-refractivity contribution in [2.75, 3.05) is 6.54 Å². The number of amides is 1. The first-order valence-electron chi connectivity index (χ1n) is 7.45. The summed E-state index contributed by atoms with van der Waals surface area (Å²) in [7, 11) is 0. The lowest BCUT2D eigenvalue weighted by molar-refractivity contribution is -0.487. The van der Waals surface area contributed by atoms with Gasteiger partial charge in [0.15, 0.2) is 0 Å². The number of rotatable bonds is 6. The van der Waals surface area contributed by atoms with E-state index in [1.54, 1.807) is 6.92 Å². The highest BCUT2D eigenvalue weighted by atomic mass is 16.6. The van der Waals surface area contributed by atoms with Gasteiger partial charge >= 0.3 is 0 Å². The van der Waals surface area contributed by atoms with Crippen molar-refractivity contribution in [2.24, 2.45) is 5.92 Å². The SMILES string of the molecule is C=C.CC.C[C@@H](CC(=O)N[C@@H](C)c1ccccc1)C[N+](=O)[O-]. The summed E-state index contributed by atoms with van der Waals surface area (Å²) >= 11 is 0. The van der Waals surface area contributed by atoms with E-state index in [0.29, 0.717) is 0 Å². The molecule has 5 heteroatoms. The molecule has 0 spiro atoms. The van der Waals surface area contributed by atoms with Crippen molar-refractivity contribution in [3.05, 3.63) is 59.2 Å². The third-order valence-electron chi connectivity index (χ3n) is 2.67. The highest BCUT2D eigenvalue weighted by Gasteiger charge is 2.16. The molecular formula is C17H28N2O3. The number of hydrogen-bond acceptors (Lipinski definition) is 3. The molecule has 0 saturated carbocycles. The molecule has 1 amide bonds. The van der Waals surface area contributed by atoms with Crippen LogP contribution in [0.1, 0.15) is 45.7 Å². The van der Waals surface area contributed by atoms with Crippen LogP contribution in [-0.2, 0) is 4.79 Å². The Bertz CT molecular complexity index is 421. The van der Waals surface area contributed by atoms with Gasteiger partial charge in [0, 0.05) is 17.3 Å². The van der Waals surface area contributed by atoms with Gasteiger partial charge < -0.3 is 5.32 Å². The van der Waals surface area contributed by atoms with Gasteiger partial charge in [-0.2, -0.15) is 0 Å².